The van der Waals surface area contributed by atoms with Gasteiger partial charge in [-0.1, -0.05) is 29.3 Å². The van der Waals surface area contributed by atoms with Crippen LogP contribution < -0.4 is 5.32 Å². The monoisotopic (exact) mass is 303 g/mol. The van der Waals surface area contributed by atoms with E-state index in [-0.39, 0.29) is 6.04 Å². The molecule has 1 rings (SSSR count). The van der Waals surface area contributed by atoms with E-state index in [1.165, 1.54) is 0 Å². The van der Waals surface area contributed by atoms with Gasteiger partial charge in [0.1, 0.15) is 0 Å². The van der Waals surface area contributed by atoms with Crippen LogP contribution in [0.3, 0.4) is 0 Å². The Kier molecular flexibility index (Phi) is 7.77. The van der Waals surface area contributed by atoms with E-state index in [2.05, 4.69) is 26.1 Å². The second-order valence-electron chi connectivity index (χ2n) is 4.98. The Morgan fingerprint density at radius 3 is 2.47 bits per heavy atom. The van der Waals surface area contributed by atoms with Crippen LogP contribution in [0, 0.1) is 0 Å². The van der Waals surface area contributed by atoms with Crippen molar-refractivity contribution in [1.82, 2.24) is 5.32 Å². The summed E-state index contributed by atoms with van der Waals surface area (Å²) in [5.41, 5.74) is 1.16. The Balaban J connectivity index is 2.23. The summed E-state index contributed by atoms with van der Waals surface area (Å²) >= 11 is 11.9. The number of hydrogen-bond donors (Lipinski definition) is 1. The predicted octanol–water partition coefficient (Wildman–Crippen LogP) is 4.85. The van der Waals surface area contributed by atoms with E-state index in [9.17, 15) is 0 Å². The van der Waals surface area contributed by atoms with E-state index in [0.29, 0.717) is 16.1 Å². The van der Waals surface area contributed by atoms with Crippen molar-refractivity contribution in [2.45, 2.75) is 45.8 Å². The van der Waals surface area contributed by atoms with Gasteiger partial charge < -0.3 is 10.1 Å². The van der Waals surface area contributed by atoms with Crippen LogP contribution in [0.15, 0.2) is 18.2 Å². The van der Waals surface area contributed by atoms with Crippen LogP contribution in [0.5, 0.6) is 0 Å². The summed E-state index contributed by atoms with van der Waals surface area (Å²) in [6.45, 7) is 8.06. The van der Waals surface area contributed by atoms with E-state index in [1.807, 2.05) is 18.2 Å². The third-order valence-corrected chi connectivity index (χ3v) is 3.66. The lowest BCUT2D eigenvalue weighted by Crippen LogP contribution is -2.20. The van der Waals surface area contributed by atoms with Crippen molar-refractivity contribution in [1.29, 1.82) is 0 Å². The molecule has 0 aliphatic carbocycles. The van der Waals surface area contributed by atoms with Crippen molar-refractivity contribution in [3.63, 3.8) is 0 Å². The Labute approximate surface area is 126 Å². The first-order chi connectivity index (χ1) is 9.00. The lowest BCUT2D eigenvalue weighted by atomic mass is 10.1. The van der Waals surface area contributed by atoms with Crippen LogP contribution in [0.1, 0.15) is 45.2 Å². The maximum absolute atomic E-state index is 6.01. The zero-order valence-corrected chi connectivity index (χ0v) is 13.4. The van der Waals surface area contributed by atoms with Gasteiger partial charge in [0.05, 0.1) is 16.1 Å². The second kappa shape index (κ2) is 8.80. The minimum Gasteiger partial charge on any atom is -0.379 e. The fraction of sp³-hybridized carbons (Fsp3) is 0.600. The summed E-state index contributed by atoms with van der Waals surface area (Å²) in [6, 6.07) is 6.05. The molecule has 0 amide bonds. The van der Waals surface area contributed by atoms with Gasteiger partial charge >= 0.3 is 0 Å². The summed E-state index contributed by atoms with van der Waals surface area (Å²) in [7, 11) is 0. The highest BCUT2D eigenvalue weighted by atomic mass is 35.5. The van der Waals surface area contributed by atoms with Crippen LogP contribution in [0.2, 0.25) is 10.0 Å². The number of rotatable bonds is 8. The molecule has 1 aromatic carbocycles. The zero-order valence-electron chi connectivity index (χ0n) is 11.9. The number of benzene rings is 1. The lowest BCUT2D eigenvalue weighted by Gasteiger charge is -2.15. The molecule has 0 aromatic heterocycles. The Morgan fingerprint density at radius 2 is 1.84 bits per heavy atom. The molecule has 0 fully saturated rings. The van der Waals surface area contributed by atoms with E-state index in [1.54, 1.807) is 0 Å². The minimum absolute atomic E-state index is 0.279. The van der Waals surface area contributed by atoms with Gasteiger partial charge in [-0.15, -0.1) is 0 Å². The molecule has 0 saturated heterocycles. The molecule has 108 valence electrons. The van der Waals surface area contributed by atoms with Crippen molar-refractivity contribution >= 4 is 23.2 Å². The van der Waals surface area contributed by atoms with Gasteiger partial charge in [0.15, 0.2) is 0 Å². The standard InChI is InChI=1S/C15H23Cl2NO/c1-11(2)19-9-5-4-8-18-12(3)13-6-7-14(16)15(17)10-13/h6-7,10-12,18H,4-5,8-9H2,1-3H3. The molecule has 0 aliphatic rings. The molecule has 0 heterocycles. The highest BCUT2D eigenvalue weighted by molar-refractivity contribution is 6.42. The predicted molar refractivity (Wildman–Crippen MR) is 83.2 cm³/mol. The normalized spacial score (nSPS) is 12.9. The SMILES string of the molecule is CC(C)OCCCCNC(C)c1ccc(Cl)c(Cl)c1. The molecule has 19 heavy (non-hydrogen) atoms. The molecular weight excluding hydrogens is 281 g/mol. The average Bonchev–Trinajstić information content (AvgIpc) is 2.36. The highest BCUT2D eigenvalue weighted by Gasteiger charge is 2.06. The summed E-state index contributed by atoms with van der Waals surface area (Å²) in [4.78, 5) is 0. The van der Waals surface area contributed by atoms with Gasteiger partial charge in [-0.25, -0.2) is 0 Å². The number of hydrogen-bond acceptors (Lipinski definition) is 2. The fourth-order valence-corrected chi connectivity index (χ4v) is 2.07. The van der Waals surface area contributed by atoms with Crippen molar-refractivity contribution in [2.75, 3.05) is 13.2 Å². The number of halogens is 2. The first-order valence-electron chi connectivity index (χ1n) is 6.80. The summed E-state index contributed by atoms with van der Waals surface area (Å²) in [5, 5.41) is 4.69. The first-order valence-corrected chi connectivity index (χ1v) is 7.56. The maximum atomic E-state index is 6.01. The molecule has 0 bridgehead atoms. The smallest absolute Gasteiger partial charge is 0.0595 e. The lowest BCUT2D eigenvalue weighted by molar-refractivity contribution is 0.0759. The number of ether oxygens (including phenoxy) is 1. The molecular formula is C15H23Cl2NO. The fourth-order valence-electron chi connectivity index (χ4n) is 1.76. The highest BCUT2D eigenvalue weighted by Crippen LogP contribution is 2.25. The van der Waals surface area contributed by atoms with Crippen LogP contribution in [0.4, 0.5) is 0 Å². The Morgan fingerprint density at radius 1 is 1.11 bits per heavy atom. The van der Waals surface area contributed by atoms with E-state index >= 15 is 0 Å². The quantitative estimate of drug-likeness (QED) is 0.693. The Bertz CT molecular complexity index is 382. The first kappa shape index (κ1) is 16.8. The van der Waals surface area contributed by atoms with Crippen LogP contribution in [-0.4, -0.2) is 19.3 Å². The molecule has 4 heteroatoms. The Hall–Kier alpha value is -0.280. The summed E-state index contributed by atoms with van der Waals surface area (Å²) < 4.78 is 5.50. The minimum atomic E-state index is 0.279. The van der Waals surface area contributed by atoms with Crippen molar-refractivity contribution < 1.29 is 4.74 Å². The molecule has 1 aromatic rings. The largest absolute Gasteiger partial charge is 0.379 e. The van der Waals surface area contributed by atoms with Gasteiger partial charge in [0, 0.05) is 12.6 Å². The van der Waals surface area contributed by atoms with E-state index in [0.717, 1.165) is 31.6 Å². The molecule has 1 atom stereocenters. The average molecular weight is 304 g/mol. The summed E-state index contributed by atoms with van der Waals surface area (Å²) in [6.07, 6.45) is 2.51. The van der Waals surface area contributed by atoms with Gasteiger partial charge in [0.2, 0.25) is 0 Å². The molecule has 0 radical (unpaired) electrons. The van der Waals surface area contributed by atoms with Crippen molar-refractivity contribution in [3.8, 4) is 0 Å². The molecule has 0 spiro atoms. The molecule has 1 unspecified atom stereocenters. The molecule has 0 aliphatic heterocycles. The van der Waals surface area contributed by atoms with Crippen molar-refractivity contribution in [2.24, 2.45) is 0 Å². The second-order valence-corrected chi connectivity index (χ2v) is 5.79. The molecule has 2 nitrogen and oxygen atoms in total. The summed E-state index contributed by atoms with van der Waals surface area (Å²) in [5.74, 6) is 0. The van der Waals surface area contributed by atoms with Gasteiger partial charge in [-0.2, -0.15) is 0 Å². The third-order valence-electron chi connectivity index (χ3n) is 2.92. The van der Waals surface area contributed by atoms with Crippen LogP contribution >= 0.6 is 23.2 Å². The molecule has 1 N–H and O–H groups in total. The number of unbranched alkanes of at least 4 members (excludes halogenated alkanes) is 1. The maximum Gasteiger partial charge on any atom is 0.0595 e. The number of nitrogens with one attached hydrogen (secondary N) is 1. The van der Waals surface area contributed by atoms with Gasteiger partial charge in [0.25, 0.3) is 0 Å². The van der Waals surface area contributed by atoms with E-state index in [4.69, 9.17) is 27.9 Å². The van der Waals surface area contributed by atoms with Crippen molar-refractivity contribution in [3.05, 3.63) is 33.8 Å². The van der Waals surface area contributed by atoms with E-state index < -0.39 is 0 Å². The zero-order chi connectivity index (χ0) is 14.3. The van der Waals surface area contributed by atoms with Crippen LogP contribution in [0.25, 0.3) is 0 Å². The van der Waals surface area contributed by atoms with Crippen LogP contribution in [-0.2, 0) is 4.74 Å². The topological polar surface area (TPSA) is 21.3 Å². The van der Waals surface area contributed by atoms with Gasteiger partial charge in [-0.05, 0) is 57.9 Å². The molecule has 0 saturated carbocycles. The van der Waals surface area contributed by atoms with Gasteiger partial charge in [-0.3, -0.25) is 0 Å². The third kappa shape index (κ3) is 6.62.